The highest BCUT2D eigenvalue weighted by atomic mass is 79.9. The standard InChI is InChI=1S/C12H14Br2O2/c1-8(5-6-16-2)12(15)10-4-3-9(13)7-11(10)14/h3-4,7-8H,5-6H2,1-2H3. The summed E-state index contributed by atoms with van der Waals surface area (Å²) in [6.45, 7) is 2.54. The van der Waals surface area contributed by atoms with Crippen molar-refractivity contribution in [3.63, 3.8) is 0 Å². The van der Waals surface area contributed by atoms with Gasteiger partial charge in [0.25, 0.3) is 0 Å². The topological polar surface area (TPSA) is 26.3 Å². The van der Waals surface area contributed by atoms with Gasteiger partial charge in [-0.1, -0.05) is 38.8 Å². The molecule has 16 heavy (non-hydrogen) atoms. The minimum absolute atomic E-state index is 0.0163. The number of ether oxygens (including phenoxy) is 1. The molecule has 1 aromatic carbocycles. The lowest BCUT2D eigenvalue weighted by atomic mass is 9.97. The Kier molecular flexibility index (Phi) is 5.66. The Morgan fingerprint density at radius 1 is 1.44 bits per heavy atom. The normalized spacial score (nSPS) is 12.5. The first-order chi connectivity index (χ1) is 7.56. The first kappa shape index (κ1) is 13.9. The number of carbonyl (C=O) groups excluding carboxylic acids is 1. The Bertz CT molecular complexity index is 377. The van der Waals surface area contributed by atoms with Crippen LogP contribution in [0.5, 0.6) is 0 Å². The van der Waals surface area contributed by atoms with Gasteiger partial charge in [0, 0.05) is 34.1 Å². The second kappa shape index (κ2) is 6.52. The van der Waals surface area contributed by atoms with Crippen molar-refractivity contribution in [2.75, 3.05) is 13.7 Å². The molecule has 1 rings (SSSR count). The predicted octanol–water partition coefficient (Wildman–Crippen LogP) is 4.07. The third-order valence-electron chi connectivity index (χ3n) is 2.40. The summed E-state index contributed by atoms with van der Waals surface area (Å²) in [5.74, 6) is 0.133. The number of rotatable bonds is 5. The molecular weight excluding hydrogens is 336 g/mol. The molecule has 2 nitrogen and oxygen atoms in total. The van der Waals surface area contributed by atoms with E-state index in [4.69, 9.17) is 4.74 Å². The van der Waals surface area contributed by atoms with Crippen molar-refractivity contribution >= 4 is 37.6 Å². The third kappa shape index (κ3) is 3.68. The van der Waals surface area contributed by atoms with E-state index in [0.717, 1.165) is 20.9 Å². The largest absolute Gasteiger partial charge is 0.385 e. The van der Waals surface area contributed by atoms with Crippen LogP contribution >= 0.6 is 31.9 Å². The lowest BCUT2D eigenvalue weighted by molar-refractivity contribution is 0.0893. The van der Waals surface area contributed by atoms with E-state index in [2.05, 4.69) is 31.9 Å². The van der Waals surface area contributed by atoms with Crippen molar-refractivity contribution in [1.29, 1.82) is 0 Å². The number of hydrogen-bond acceptors (Lipinski definition) is 2. The van der Waals surface area contributed by atoms with Crippen molar-refractivity contribution in [3.8, 4) is 0 Å². The highest BCUT2D eigenvalue weighted by Crippen LogP contribution is 2.24. The lowest BCUT2D eigenvalue weighted by Gasteiger charge is -2.11. The van der Waals surface area contributed by atoms with Gasteiger partial charge in [-0.25, -0.2) is 0 Å². The minimum Gasteiger partial charge on any atom is -0.385 e. The smallest absolute Gasteiger partial charge is 0.166 e. The summed E-state index contributed by atoms with van der Waals surface area (Å²) >= 11 is 6.77. The molecule has 4 heteroatoms. The monoisotopic (exact) mass is 348 g/mol. The molecule has 0 aliphatic heterocycles. The van der Waals surface area contributed by atoms with Gasteiger partial charge in [-0.15, -0.1) is 0 Å². The first-order valence-electron chi connectivity index (χ1n) is 5.04. The molecule has 1 unspecified atom stereocenters. The summed E-state index contributed by atoms with van der Waals surface area (Å²) in [6, 6.07) is 5.59. The van der Waals surface area contributed by atoms with Gasteiger partial charge in [-0.3, -0.25) is 4.79 Å². The second-order valence-electron chi connectivity index (χ2n) is 3.67. The minimum atomic E-state index is -0.0163. The highest BCUT2D eigenvalue weighted by molar-refractivity contribution is 9.11. The Balaban J connectivity index is 2.79. The summed E-state index contributed by atoms with van der Waals surface area (Å²) < 4.78 is 6.76. The molecule has 0 aliphatic carbocycles. The van der Waals surface area contributed by atoms with Crippen LogP contribution in [0.3, 0.4) is 0 Å². The predicted molar refractivity (Wildman–Crippen MR) is 71.8 cm³/mol. The van der Waals surface area contributed by atoms with E-state index < -0.39 is 0 Å². The van der Waals surface area contributed by atoms with E-state index in [1.165, 1.54) is 0 Å². The van der Waals surface area contributed by atoms with Crippen LogP contribution in [0.15, 0.2) is 27.1 Å². The first-order valence-corrected chi connectivity index (χ1v) is 6.63. The van der Waals surface area contributed by atoms with Gasteiger partial charge in [0.2, 0.25) is 0 Å². The molecular formula is C12H14Br2O2. The molecule has 0 amide bonds. The van der Waals surface area contributed by atoms with Crippen LogP contribution < -0.4 is 0 Å². The van der Waals surface area contributed by atoms with E-state index in [0.29, 0.717) is 6.61 Å². The molecule has 88 valence electrons. The molecule has 0 fully saturated rings. The summed E-state index contributed by atoms with van der Waals surface area (Å²) in [6.07, 6.45) is 0.748. The molecule has 0 aliphatic rings. The molecule has 0 spiro atoms. The Morgan fingerprint density at radius 2 is 2.12 bits per heavy atom. The van der Waals surface area contributed by atoms with E-state index in [-0.39, 0.29) is 11.7 Å². The maximum Gasteiger partial charge on any atom is 0.166 e. The zero-order chi connectivity index (χ0) is 12.1. The van der Waals surface area contributed by atoms with Crippen LogP contribution in [0.25, 0.3) is 0 Å². The number of Topliss-reactive ketones (excluding diaryl/α,β-unsaturated/α-hetero) is 1. The van der Waals surface area contributed by atoms with Gasteiger partial charge in [0.05, 0.1) is 0 Å². The number of carbonyl (C=O) groups is 1. The molecule has 0 saturated carbocycles. The maximum absolute atomic E-state index is 12.1. The second-order valence-corrected chi connectivity index (χ2v) is 5.44. The molecule has 0 aromatic heterocycles. The Hall–Kier alpha value is -0.190. The number of benzene rings is 1. The number of halogens is 2. The van der Waals surface area contributed by atoms with Crippen LogP contribution in [-0.4, -0.2) is 19.5 Å². The number of ketones is 1. The zero-order valence-corrected chi connectivity index (χ0v) is 12.5. The van der Waals surface area contributed by atoms with Gasteiger partial charge in [-0.2, -0.15) is 0 Å². The Morgan fingerprint density at radius 3 is 2.69 bits per heavy atom. The molecule has 0 bridgehead atoms. The van der Waals surface area contributed by atoms with Gasteiger partial charge in [0.1, 0.15) is 0 Å². The molecule has 0 heterocycles. The van der Waals surface area contributed by atoms with Crippen molar-refractivity contribution in [1.82, 2.24) is 0 Å². The zero-order valence-electron chi connectivity index (χ0n) is 9.30. The Labute approximate surface area is 113 Å². The molecule has 0 radical (unpaired) electrons. The molecule has 0 saturated heterocycles. The molecule has 0 N–H and O–H groups in total. The van der Waals surface area contributed by atoms with Gasteiger partial charge in [-0.05, 0) is 24.6 Å². The van der Waals surface area contributed by atoms with Gasteiger partial charge in [0.15, 0.2) is 5.78 Å². The molecule has 1 atom stereocenters. The van der Waals surface area contributed by atoms with E-state index in [1.807, 2.05) is 25.1 Å². The maximum atomic E-state index is 12.1. The fourth-order valence-electron chi connectivity index (χ4n) is 1.38. The fourth-order valence-corrected chi connectivity index (χ4v) is 2.62. The SMILES string of the molecule is COCCC(C)C(=O)c1ccc(Br)cc1Br. The van der Waals surface area contributed by atoms with Crippen LogP contribution in [0, 0.1) is 5.92 Å². The van der Waals surface area contributed by atoms with E-state index in [9.17, 15) is 4.79 Å². The van der Waals surface area contributed by atoms with Crippen molar-refractivity contribution in [3.05, 3.63) is 32.7 Å². The van der Waals surface area contributed by atoms with E-state index in [1.54, 1.807) is 7.11 Å². The van der Waals surface area contributed by atoms with Crippen molar-refractivity contribution < 1.29 is 9.53 Å². The highest BCUT2D eigenvalue weighted by Gasteiger charge is 2.17. The quantitative estimate of drug-likeness (QED) is 0.749. The van der Waals surface area contributed by atoms with Crippen LogP contribution in [0.1, 0.15) is 23.7 Å². The fraction of sp³-hybridized carbons (Fsp3) is 0.417. The summed E-state index contributed by atoms with van der Waals surface area (Å²) in [7, 11) is 1.65. The summed E-state index contributed by atoms with van der Waals surface area (Å²) in [4.78, 5) is 12.1. The molecule has 1 aromatic rings. The van der Waals surface area contributed by atoms with Crippen LogP contribution in [0.4, 0.5) is 0 Å². The van der Waals surface area contributed by atoms with Crippen molar-refractivity contribution in [2.24, 2.45) is 5.92 Å². The number of methoxy groups -OCH3 is 1. The summed E-state index contributed by atoms with van der Waals surface area (Å²) in [5, 5.41) is 0. The number of hydrogen-bond donors (Lipinski definition) is 0. The van der Waals surface area contributed by atoms with Crippen LogP contribution in [0.2, 0.25) is 0 Å². The van der Waals surface area contributed by atoms with Crippen molar-refractivity contribution in [2.45, 2.75) is 13.3 Å². The summed E-state index contributed by atoms with van der Waals surface area (Å²) in [5.41, 5.74) is 0.729. The van der Waals surface area contributed by atoms with Crippen LogP contribution in [-0.2, 0) is 4.74 Å². The lowest BCUT2D eigenvalue weighted by Crippen LogP contribution is -2.13. The average molecular weight is 350 g/mol. The van der Waals surface area contributed by atoms with Gasteiger partial charge < -0.3 is 4.74 Å². The average Bonchev–Trinajstić information content (AvgIpc) is 2.25. The van der Waals surface area contributed by atoms with E-state index >= 15 is 0 Å². The van der Waals surface area contributed by atoms with Gasteiger partial charge >= 0.3 is 0 Å². The third-order valence-corrected chi connectivity index (χ3v) is 3.55.